The van der Waals surface area contributed by atoms with Gasteiger partial charge >= 0.3 is 0 Å². The van der Waals surface area contributed by atoms with Crippen LogP contribution in [0.2, 0.25) is 0 Å². The van der Waals surface area contributed by atoms with Crippen LogP contribution in [0, 0.1) is 15.9 Å². The van der Waals surface area contributed by atoms with Gasteiger partial charge in [0.25, 0.3) is 5.69 Å². The highest BCUT2D eigenvalue weighted by Crippen LogP contribution is 2.27. The Morgan fingerprint density at radius 1 is 1.56 bits per heavy atom. The van der Waals surface area contributed by atoms with Crippen molar-refractivity contribution in [2.75, 3.05) is 12.3 Å². The number of aliphatic hydroxyl groups excluding tert-OH is 1. The number of anilines is 1. The normalized spacial score (nSPS) is 10.9. The molecular formula is C10H11FN2O3. The Balaban J connectivity index is 3.14. The summed E-state index contributed by atoms with van der Waals surface area (Å²) in [4.78, 5) is 9.82. The second kappa shape index (κ2) is 5.22. The fourth-order valence-electron chi connectivity index (χ4n) is 1.20. The predicted molar refractivity (Wildman–Crippen MR) is 58.2 cm³/mol. The Labute approximate surface area is 91.2 Å². The molecule has 0 aliphatic carbocycles. The van der Waals surface area contributed by atoms with Crippen molar-refractivity contribution in [3.8, 4) is 0 Å². The summed E-state index contributed by atoms with van der Waals surface area (Å²) in [6.07, 6.45) is 3.39. The van der Waals surface area contributed by atoms with Gasteiger partial charge in [0.1, 0.15) is 11.5 Å². The minimum atomic E-state index is -0.734. The van der Waals surface area contributed by atoms with Crippen molar-refractivity contribution in [3.05, 3.63) is 39.7 Å². The molecule has 0 aliphatic rings. The quantitative estimate of drug-likeness (QED) is 0.464. The third kappa shape index (κ3) is 2.77. The van der Waals surface area contributed by atoms with Crippen LogP contribution in [0.4, 0.5) is 15.8 Å². The van der Waals surface area contributed by atoms with E-state index in [4.69, 9.17) is 10.8 Å². The van der Waals surface area contributed by atoms with E-state index < -0.39 is 16.4 Å². The number of hydrogen-bond donors (Lipinski definition) is 2. The van der Waals surface area contributed by atoms with Gasteiger partial charge in [-0.3, -0.25) is 10.1 Å². The first-order valence-corrected chi connectivity index (χ1v) is 4.57. The van der Waals surface area contributed by atoms with Gasteiger partial charge in [-0.15, -0.1) is 0 Å². The average molecular weight is 226 g/mol. The molecule has 1 aromatic rings. The van der Waals surface area contributed by atoms with Crippen LogP contribution < -0.4 is 5.73 Å². The molecular weight excluding hydrogens is 215 g/mol. The first-order chi connectivity index (χ1) is 7.56. The summed E-state index contributed by atoms with van der Waals surface area (Å²) in [6, 6.07) is 1.88. The summed E-state index contributed by atoms with van der Waals surface area (Å²) >= 11 is 0. The zero-order valence-corrected chi connectivity index (χ0v) is 8.39. The van der Waals surface area contributed by atoms with E-state index in [2.05, 4.69) is 0 Å². The number of nitro benzene ring substituents is 1. The minimum absolute atomic E-state index is 0.0478. The van der Waals surface area contributed by atoms with Crippen LogP contribution in [-0.2, 0) is 0 Å². The Morgan fingerprint density at radius 2 is 2.25 bits per heavy atom. The zero-order chi connectivity index (χ0) is 12.1. The second-order valence-electron chi connectivity index (χ2n) is 3.10. The number of rotatable bonds is 4. The fourth-order valence-corrected chi connectivity index (χ4v) is 1.20. The Morgan fingerprint density at radius 3 is 2.81 bits per heavy atom. The molecule has 0 amide bonds. The number of hydrogen-bond acceptors (Lipinski definition) is 4. The number of nitro groups is 1. The average Bonchev–Trinajstić information content (AvgIpc) is 2.22. The Kier molecular flexibility index (Phi) is 3.96. The largest absolute Gasteiger partial charge is 0.396 e. The summed E-state index contributed by atoms with van der Waals surface area (Å²) in [5.41, 5.74) is 5.21. The molecule has 0 fully saturated rings. The van der Waals surface area contributed by atoms with Gasteiger partial charge in [0.05, 0.1) is 11.0 Å². The lowest BCUT2D eigenvalue weighted by Gasteiger charge is -2.02. The fraction of sp³-hybridized carbons (Fsp3) is 0.200. The van der Waals surface area contributed by atoms with Gasteiger partial charge < -0.3 is 10.8 Å². The van der Waals surface area contributed by atoms with E-state index in [0.717, 1.165) is 12.1 Å². The summed E-state index contributed by atoms with van der Waals surface area (Å²) in [7, 11) is 0. The number of benzene rings is 1. The predicted octanol–water partition coefficient (Wildman–Crippen LogP) is 1.71. The van der Waals surface area contributed by atoms with Crippen molar-refractivity contribution in [2.24, 2.45) is 0 Å². The van der Waals surface area contributed by atoms with Crippen LogP contribution in [0.3, 0.4) is 0 Å². The smallest absolute Gasteiger partial charge is 0.295 e. The first kappa shape index (κ1) is 12.1. The lowest BCUT2D eigenvalue weighted by atomic mass is 10.1. The van der Waals surface area contributed by atoms with E-state index >= 15 is 0 Å². The number of aliphatic hydroxyl groups is 1. The number of halogens is 1. The highest BCUT2D eigenvalue weighted by Gasteiger charge is 2.15. The summed E-state index contributed by atoms with van der Waals surface area (Å²) in [5, 5.41) is 19.1. The molecule has 1 rings (SSSR count). The monoisotopic (exact) mass is 226 g/mol. The van der Waals surface area contributed by atoms with Crippen LogP contribution in [0.5, 0.6) is 0 Å². The zero-order valence-electron chi connectivity index (χ0n) is 8.39. The van der Waals surface area contributed by atoms with Gasteiger partial charge in [0.2, 0.25) is 0 Å². The van der Waals surface area contributed by atoms with Gasteiger partial charge in [0.15, 0.2) is 0 Å². The maximum absolute atomic E-state index is 13.0. The third-order valence-electron chi connectivity index (χ3n) is 1.94. The molecule has 0 bridgehead atoms. The molecule has 5 nitrogen and oxygen atoms in total. The molecule has 1 aromatic carbocycles. The summed E-state index contributed by atoms with van der Waals surface area (Å²) < 4.78 is 13.0. The Hall–Kier alpha value is -1.95. The van der Waals surface area contributed by atoms with Crippen molar-refractivity contribution in [1.29, 1.82) is 0 Å². The molecule has 0 saturated carbocycles. The van der Waals surface area contributed by atoms with Crippen molar-refractivity contribution in [3.63, 3.8) is 0 Å². The second-order valence-corrected chi connectivity index (χ2v) is 3.10. The van der Waals surface area contributed by atoms with E-state index in [1.165, 1.54) is 6.08 Å². The van der Waals surface area contributed by atoms with Crippen LogP contribution >= 0.6 is 0 Å². The summed E-state index contributed by atoms with van der Waals surface area (Å²) in [6.45, 7) is -0.0478. The molecule has 86 valence electrons. The van der Waals surface area contributed by atoms with Crippen molar-refractivity contribution in [1.82, 2.24) is 0 Å². The molecule has 6 heteroatoms. The molecule has 0 spiro atoms. The molecule has 0 saturated heterocycles. The summed E-state index contributed by atoms with van der Waals surface area (Å²) in [5.74, 6) is -0.718. The van der Waals surface area contributed by atoms with Gasteiger partial charge in [-0.25, -0.2) is 4.39 Å². The molecule has 0 atom stereocenters. The van der Waals surface area contributed by atoms with Gasteiger partial charge in [-0.1, -0.05) is 12.2 Å². The molecule has 0 aliphatic heterocycles. The number of nitrogens with two attached hydrogens (primary N) is 1. The van der Waals surface area contributed by atoms with Crippen molar-refractivity contribution < 1.29 is 14.4 Å². The standard InChI is InChI=1S/C10H11FN2O3/c11-8-5-7(3-1-2-4-14)10(12)9(6-8)13(15)16/h1,3,5-6,14H,2,4,12H2. The van der Waals surface area contributed by atoms with Crippen LogP contribution in [-0.4, -0.2) is 16.6 Å². The van der Waals surface area contributed by atoms with Crippen LogP contribution in [0.25, 0.3) is 6.08 Å². The van der Waals surface area contributed by atoms with Gasteiger partial charge in [0, 0.05) is 12.2 Å². The van der Waals surface area contributed by atoms with E-state index in [1.807, 2.05) is 0 Å². The lowest BCUT2D eigenvalue weighted by molar-refractivity contribution is -0.384. The number of nitrogen functional groups attached to an aromatic ring is 1. The molecule has 0 radical (unpaired) electrons. The van der Waals surface area contributed by atoms with Gasteiger partial charge in [-0.05, 0) is 12.5 Å². The van der Waals surface area contributed by atoms with E-state index in [9.17, 15) is 14.5 Å². The van der Waals surface area contributed by atoms with E-state index in [-0.39, 0.29) is 17.9 Å². The lowest BCUT2D eigenvalue weighted by Crippen LogP contribution is -1.99. The molecule has 16 heavy (non-hydrogen) atoms. The minimum Gasteiger partial charge on any atom is -0.396 e. The Bertz CT molecular complexity index is 432. The molecule has 0 unspecified atom stereocenters. The maximum Gasteiger partial charge on any atom is 0.295 e. The van der Waals surface area contributed by atoms with Crippen LogP contribution in [0.15, 0.2) is 18.2 Å². The van der Waals surface area contributed by atoms with Gasteiger partial charge in [-0.2, -0.15) is 0 Å². The van der Waals surface area contributed by atoms with Crippen molar-refractivity contribution >= 4 is 17.5 Å². The van der Waals surface area contributed by atoms with E-state index in [1.54, 1.807) is 6.08 Å². The first-order valence-electron chi connectivity index (χ1n) is 4.57. The highest BCUT2D eigenvalue weighted by molar-refractivity contribution is 5.73. The third-order valence-corrected chi connectivity index (χ3v) is 1.94. The maximum atomic E-state index is 13.0. The SMILES string of the molecule is Nc1c(C=CCCO)cc(F)cc1[N+](=O)[O-]. The van der Waals surface area contributed by atoms with Crippen molar-refractivity contribution in [2.45, 2.75) is 6.42 Å². The number of nitrogens with zero attached hydrogens (tertiary/aromatic N) is 1. The molecule has 0 heterocycles. The molecule has 3 N–H and O–H groups in total. The van der Waals surface area contributed by atoms with Crippen LogP contribution in [0.1, 0.15) is 12.0 Å². The van der Waals surface area contributed by atoms with E-state index in [0.29, 0.717) is 6.42 Å². The highest BCUT2D eigenvalue weighted by atomic mass is 19.1. The molecule has 0 aromatic heterocycles. The topological polar surface area (TPSA) is 89.4 Å².